The molecule has 0 bridgehead atoms. The number of aliphatic hydroxyl groups excluding tert-OH is 1. The summed E-state index contributed by atoms with van der Waals surface area (Å²) in [5, 5.41) is 20.5. The van der Waals surface area contributed by atoms with Gasteiger partial charge in [0.25, 0.3) is 0 Å². The first-order chi connectivity index (χ1) is 9.94. The summed E-state index contributed by atoms with van der Waals surface area (Å²) < 4.78 is 11.4. The first-order valence-electron chi connectivity index (χ1n) is 7.80. The number of benzene rings is 1. The lowest BCUT2D eigenvalue weighted by molar-refractivity contribution is -0.180. The van der Waals surface area contributed by atoms with Crippen LogP contribution in [0.2, 0.25) is 0 Å². The second-order valence-corrected chi connectivity index (χ2v) is 6.13. The highest BCUT2D eigenvalue weighted by atomic mass is 16.7. The number of ether oxygens (including phenoxy) is 2. The zero-order chi connectivity index (χ0) is 15.5. The Labute approximate surface area is 126 Å². The smallest absolute Gasteiger partial charge is 0.205 e. The summed E-state index contributed by atoms with van der Waals surface area (Å²) in [6, 6.07) is 3.33. The van der Waals surface area contributed by atoms with Gasteiger partial charge in [-0.25, -0.2) is 0 Å². The molecule has 21 heavy (non-hydrogen) atoms. The molecule has 1 atom stereocenters. The van der Waals surface area contributed by atoms with Gasteiger partial charge in [0.05, 0.1) is 12.7 Å². The molecule has 2 N–H and O–H groups in total. The molecule has 4 nitrogen and oxygen atoms in total. The number of aliphatic hydroxyl groups is 1. The van der Waals surface area contributed by atoms with Crippen molar-refractivity contribution in [1.82, 2.24) is 0 Å². The Morgan fingerprint density at radius 3 is 2.71 bits per heavy atom. The second-order valence-electron chi connectivity index (χ2n) is 6.13. The van der Waals surface area contributed by atoms with Crippen LogP contribution in [-0.4, -0.2) is 16.0 Å². The summed E-state index contributed by atoms with van der Waals surface area (Å²) in [5.74, 6) is 0.128. The molecule has 4 heteroatoms. The average Bonchev–Trinajstić information content (AvgIpc) is 2.43. The second kappa shape index (κ2) is 6.67. The van der Waals surface area contributed by atoms with E-state index in [-0.39, 0.29) is 5.75 Å². The summed E-state index contributed by atoms with van der Waals surface area (Å²) in [4.78, 5) is 0. The number of hydrogen-bond acceptors (Lipinski definition) is 4. The molecule has 0 aliphatic carbocycles. The fourth-order valence-electron chi connectivity index (χ4n) is 2.70. The van der Waals surface area contributed by atoms with Gasteiger partial charge in [-0.05, 0) is 18.6 Å². The van der Waals surface area contributed by atoms with Gasteiger partial charge in [0.2, 0.25) is 5.79 Å². The quantitative estimate of drug-likeness (QED) is 0.777. The molecule has 0 radical (unpaired) electrons. The van der Waals surface area contributed by atoms with Crippen molar-refractivity contribution < 1.29 is 19.7 Å². The van der Waals surface area contributed by atoms with E-state index in [1.54, 1.807) is 12.1 Å². The van der Waals surface area contributed by atoms with E-state index in [2.05, 4.69) is 6.92 Å². The number of aromatic hydroxyl groups is 1. The molecule has 1 aliphatic rings. The van der Waals surface area contributed by atoms with Gasteiger partial charge in [-0.1, -0.05) is 32.6 Å². The summed E-state index contributed by atoms with van der Waals surface area (Å²) in [5.41, 5.74) is 1.32. The van der Waals surface area contributed by atoms with E-state index in [1.165, 1.54) is 12.8 Å². The van der Waals surface area contributed by atoms with E-state index in [0.717, 1.165) is 18.4 Å². The molecule has 1 heterocycles. The zero-order valence-corrected chi connectivity index (χ0v) is 13.2. The zero-order valence-electron chi connectivity index (χ0n) is 13.2. The predicted molar refractivity (Wildman–Crippen MR) is 81.3 cm³/mol. The van der Waals surface area contributed by atoms with Gasteiger partial charge < -0.3 is 19.7 Å². The van der Waals surface area contributed by atoms with Crippen LogP contribution in [0.15, 0.2) is 12.1 Å². The minimum absolute atomic E-state index is 0.114. The Balaban J connectivity index is 2.15. The van der Waals surface area contributed by atoms with E-state index in [9.17, 15) is 10.2 Å². The number of rotatable bonds is 6. The number of phenols is 1. The molecule has 1 aromatic rings. The number of hydrogen-bond donors (Lipinski definition) is 2. The highest BCUT2D eigenvalue weighted by Crippen LogP contribution is 2.41. The molecule has 0 spiro atoms. The summed E-state index contributed by atoms with van der Waals surface area (Å²) in [6.45, 7) is 6.21. The first-order valence-corrected chi connectivity index (χ1v) is 7.80. The van der Waals surface area contributed by atoms with E-state index < -0.39 is 11.9 Å². The van der Waals surface area contributed by atoms with Crippen molar-refractivity contribution in [3.8, 4) is 11.5 Å². The SMILES string of the molecule is CCCCCCC(O)c1c(O)ccc2c1COC(C)(C)O2. The molecule has 2 rings (SSSR count). The monoisotopic (exact) mass is 294 g/mol. The maximum atomic E-state index is 10.4. The maximum Gasteiger partial charge on any atom is 0.205 e. The van der Waals surface area contributed by atoms with Crippen LogP contribution in [0.1, 0.15) is 70.1 Å². The standard InChI is InChI=1S/C17H26O4/c1-4-5-6-7-8-13(18)16-12-11-20-17(2,3)21-15(12)10-9-14(16)19/h9-10,13,18-19H,4-8,11H2,1-3H3. The van der Waals surface area contributed by atoms with Gasteiger partial charge in [0, 0.05) is 25.0 Å². The Kier molecular flexibility index (Phi) is 5.12. The van der Waals surface area contributed by atoms with Crippen LogP contribution in [0.3, 0.4) is 0 Å². The lowest BCUT2D eigenvalue weighted by Crippen LogP contribution is -2.35. The lowest BCUT2D eigenvalue weighted by atomic mass is 9.95. The average molecular weight is 294 g/mol. The van der Waals surface area contributed by atoms with Gasteiger partial charge in [0.1, 0.15) is 11.5 Å². The highest BCUT2D eigenvalue weighted by molar-refractivity contribution is 5.49. The van der Waals surface area contributed by atoms with E-state index in [1.807, 2.05) is 13.8 Å². The van der Waals surface area contributed by atoms with Crippen LogP contribution in [0.25, 0.3) is 0 Å². The molecule has 0 saturated carbocycles. The van der Waals surface area contributed by atoms with Crippen molar-refractivity contribution in [2.45, 2.75) is 71.4 Å². The normalized spacial score (nSPS) is 17.9. The molecule has 0 saturated heterocycles. The van der Waals surface area contributed by atoms with Crippen molar-refractivity contribution in [3.05, 3.63) is 23.3 Å². The predicted octanol–water partition coefficient (Wildman–Crippen LogP) is 4.04. The Hall–Kier alpha value is -1.26. The molecule has 1 unspecified atom stereocenters. The Morgan fingerprint density at radius 1 is 1.24 bits per heavy atom. The van der Waals surface area contributed by atoms with Crippen molar-refractivity contribution in [3.63, 3.8) is 0 Å². The van der Waals surface area contributed by atoms with E-state index >= 15 is 0 Å². The number of phenolic OH excluding ortho intramolecular Hbond substituents is 1. The van der Waals surface area contributed by atoms with Crippen LogP contribution in [0.4, 0.5) is 0 Å². The molecule has 0 amide bonds. The van der Waals surface area contributed by atoms with E-state index in [4.69, 9.17) is 9.47 Å². The van der Waals surface area contributed by atoms with Crippen LogP contribution < -0.4 is 4.74 Å². The Bertz CT molecular complexity index is 482. The first kappa shape index (κ1) is 16.1. The topological polar surface area (TPSA) is 58.9 Å². The van der Waals surface area contributed by atoms with E-state index in [0.29, 0.717) is 24.3 Å². The maximum absolute atomic E-state index is 10.4. The van der Waals surface area contributed by atoms with Crippen molar-refractivity contribution in [2.75, 3.05) is 0 Å². The third kappa shape index (κ3) is 3.89. The summed E-state index contributed by atoms with van der Waals surface area (Å²) in [6.07, 6.45) is 4.36. The molecule has 0 fully saturated rings. The minimum atomic E-state index is -0.676. The molecule has 1 aliphatic heterocycles. The molecular formula is C17H26O4. The van der Waals surface area contributed by atoms with Gasteiger partial charge in [-0.3, -0.25) is 0 Å². The number of unbranched alkanes of at least 4 members (excludes halogenated alkanes) is 3. The van der Waals surface area contributed by atoms with Gasteiger partial charge >= 0.3 is 0 Å². The fourth-order valence-corrected chi connectivity index (χ4v) is 2.70. The molecule has 118 valence electrons. The summed E-state index contributed by atoms with van der Waals surface area (Å²) >= 11 is 0. The summed E-state index contributed by atoms with van der Waals surface area (Å²) in [7, 11) is 0. The van der Waals surface area contributed by atoms with Crippen LogP contribution in [0.5, 0.6) is 11.5 Å². The van der Waals surface area contributed by atoms with Gasteiger partial charge in [0.15, 0.2) is 0 Å². The van der Waals surface area contributed by atoms with Crippen molar-refractivity contribution >= 4 is 0 Å². The van der Waals surface area contributed by atoms with Crippen LogP contribution >= 0.6 is 0 Å². The highest BCUT2D eigenvalue weighted by Gasteiger charge is 2.31. The number of fused-ring (bicyclic) bond motifs is 1. The molecule has 0 aromatic heterocycles. The van der Waals surface area contributed by atoms with Crippen LogP contribution in [-0.2, 0) is 11.3 Å². The lowest BCUT2D eigenvalue weighted by Gasteiger charge is -2.34. The minimum Gasteiger partial charge on any atom is -0.508 e. The third-order valence-electron chi connectivity index (χ3n) is 3.88. The molecular weight excluding hydrogens is 268 g/mol. The molecule has 1 aromatic carbocycles. The third-order valence-corrected chi connectivity index (χ3v) is 3.88. The van der Waals surface area contributed by atoms with Gasteiger partial charge in [-0.15, -0.1) is 0 Å². The van der Waals surface area contributed by atoms with Crippen molar-refractivity contribution in [1.29, 1.82) is 0 Å². The fraction of sp³-hybridized carbons (Fsp3) is 0.647. The van der Waals surface area contributed by atoms with Crippen LogP contribution in [0, 0.1) is 0 Å². The van der Waals surface area contributed by atoms with Crippen molar-refractivity contribution in [2.24, 2.45) is 0 Å². The largest absolute Gasteiger partial charge is 0.508 e. The van der Waals surface area contributed by atoms with Gasteiger partial charge in [-0.2, -0.15) is 0 Å². The Morgan fingerprint density at radius 2 is 2.00 bits per heavy atom.